The van der Waals surface area contributed by atoms with Crippen molar-refractivity contribution in [3.05, 3.63) is 81.5 Å². The first-order valence-corrected chi connectivity index (χ1v) is 11.2. The highest BCUT2D eigenvalue weighted by molar-refractivity contribution is 5.95. The maximum Gasteiger partial charge on any atom is 0.338 e. The molecule has 34 heavy (non-hydrogen) atoms. The number of amides is 2. The van der Waals surface area contributed by atoms with E-state index in [1.54, 1.807) is 19.1 Å². The van der Waals surface area contributed by atoms with E-state index in [9.17, 15) is 19.7 Å². The summed E-state index contributed by atoms with van der Waals surface area (Å²) in [5.41, 5.74) is 2.46. The first-order chi connectivity index (χ1) is 16.5. The van der Waals surface area contributed by atoms with Crippen molar-refractivity contribution >= 4 is 23.4 Å². The molecule has 4 rings (SSSR count). The summed E-state index contributed by atoms with van der Waals surface area (Å²) in [6.45, 7) is 5.46. The van der Waals surface area contributed by atoms with Gasteiger partial charge in [0.1, 0.15) is 0 Å². The number of carbonyl (C=O) groups is 2. The van der Waals surface area contributed by atoms with Gasteiger partial charge in [0.2, 0.25) is 0 Å². The fourth-order valence-electron chi connectivity index (χ4n) is 4.26. The molecule has 0 bridgehead atoms. The summed E-state index contributed by atoms with van der Waals surface area (Å²) >= 11 is 0. The Hall–Kier alpha value is -3.92. The van der Waals surface area contributed by atoms with Crippen LogP contribution in [0.1, 0.15) is 18.5 Å². The van der Waals surface area contributed by atoms with Gasteiger partial charge >= 0.3 is 12.0 Å². The number of hydrogen-bond acceptors (Lipinski definition) is 7. The number of anilines is 1. The summed E-state index contributed by atoms with van der Waals surface area (Å²) in [7, 11) is 0. The minimum Gasteiger partial charge on any atom is -0.463 e. The molecule has 2 aliphatic rings. The largest absolute Gasteiger partial charge is 0.463 e. The van der Waals surface area contributed by atoms with Crippen molar-refractivity contribution in [2.75, 3.05) is 44.2 Å². The lowest BCUT2D eigenvalue weighted by Crippen LogP contribution is -2.51. The van der Waals surface area contributed by atoms with Gasteiger partial charge in [-0.2, -0.15) is 0 Å². The number of nitro groups is 1. The maximum atomic E-state index is 12.9. The standard InChI is InChI=1S/C24H27N5O5/c1-2-34-23(30)21-20(16-27-12-14-28(15-13-27)18-6-4-3-5-7-18)25-24(31)26-22(21)17-8-10-19(11-9-17)29(32)33/h3-11,22H,2,12-16H2,1H3,(H2,25,26,31)/t22-/m1/s1. The zero-order valence-electron chi connectivity index (χ0n) is 18.9. The molecular weight excluding hydrogens is 438 g/mol. The highest BCUT2D eigenvalue weighted by atomic mass is 16.6. The van der Waals surface area contributed by atoms with E-state index in [0.717, 1.165) is 26.2 Å². The minimum absolute atomic E-state index is 0.0674. The number of urea groups is 1. The Labute approximate surface area is 197 Å². The van der Waals surface area contributed by atoms with Crippen LogP contribution in [0.5, 0.6) is 0 Å². The van der Waals surface area contributed by atoms with Crippen molar-refractivity contribution in [1.29, 1.82) is 0 Å². The molecule has 2 amide bonds. The van der Waals surface area contributed by atoms with Gasteiger partial charge in [-0.15, -0.1) is 0 Å². The Morgan fingerprint density at radius 1 is 1.09 bits per heavy atom. The van der Waals surface area contributed by atoms with Crippen LogP contribution in [-0.4, -0.2) is 61.2 Å². The summed E-state index contributed by atoms with van der Waals surface area (Å²) in [6, 6.07) is 14.8. The third-order valence-corrected chi connectivity index (χ3v) is 5.96. The number of carbonyl (C=O) groups excluding carboxylic acids is 2. The van der Waals surface area contributed by atoms with Gasteiger partial charge in [-0.1, -0.05) is 18.2 Å². The van der Waals surface area contributed by atoms with Gasteiger partial charge < -0.3 is 20.3 Å². The molecule has 1 atom stereocenters. The van der Waals surface area contributed by atoms with Crippen LogP contribution in [0.25, 0.3) is 0 Å². The first kappa shape index (κ1) is 23.2. The average Bonchev–Trinajstić information content (AvgIpc) is 2.85. The Bertz CT molecular complexity index is 1080. The molecule has 2 aliphatic heterocycles. The summed E-state index contributed by atoms with van der Waals surface area (Å²) in [6.07, 6.45) is 0. The smallest absolute Gasteiger partial charge is 0.338 e. The van der Waals surface area contributed by atoms with Gasteiger partial charge in [0.15, 0.2) is 0 Å². The van der Waals surface area contributed by atoms with Crippen LogP contribution in [0.3, 0.4) is 0 Å². The number of rotatable bonds is 7. The van der Waals surface area contributed by atoms with Gasteiger partial charge in [0, 0.05) is 56.2 Å². The average molecular weight is 466 g/mol. The molecule has 0 aromatic heterocycles. The van der Waals surface area contributed by atoms with E-state index in [2.05, 4.69) is 32.6 Å². The van der Waals surface area contributed by atoms with Crippen LogP contribution in [0.2, 0.25) is 0 Å². The number of benzene rings is 2. The second kappa shape index (κ2) is 10.3. The lowest BCUT2D eigenvalue weighted by atomic mass is 9.94. The number of piperazine rings is 1. The number of nitrogens with zero attached hydrogens (tertiary/aromatic N) is 3. The van der Waals surface area contributed by atoms with Crippen molar-refractivity contribution in [3.63, 3.8) is 0 Å². The quantitative estimate of drug-likeness (QED) is 0.367. The van der Waals surface area contributed by atoms with Crippen molar-refractivity contribution < 1.29 is 19.2 Å². The first-order valence-electron chi connectivity index (χ1n) is 11.2. The monoisotopic (exact) mass is 465 g/mol. The van der Waals surface area contributed by atoms with Gasteiger partial charge in [-0.3, -0.25) is 15.0 Å². The van der Waals surface area contributed by atoms with E-state index in [1.807, 2.05) is 18.2 Å². The molecule has 2 aromatic carbocycles. The van der Waals surface area contributed by atoms with Crippen LogP contribution < -0.4 is 15.5 Å². The van der Waals surface area contributed by atoms with E-state index in [-0.39, 0.29) is 12.3 Å². The molecule has 0 saturated carbocycles. The van der Waals surface area contributed by atoms with E-state index >= 15 is 0 Å². The second-order valence-corrected chi connectivity index (χ2v) is 8.09. The Morgan fingerprint density at radius 3 is 2.38 bits per heavy atom. The number of hydrogen-bond donors (Lipinski definition) is 2. The summed E-state index contributed by atoms with van der Waals surface area (Å²) in [5, 5.41) is 16.6. The third-order valence-electron chi connectivity index (χ3n) is 5.96. The summed E-state index contributed by atoms with van der Waals surface area (Å²) in [5.74, 6) is -0.531. The zero-order valence-corrected chi connectivity index (χ0v) is 18.9. The molecular formula is C24H27N5O5. The Morgan fingerprint density at radius 2 is 1.76 bits per heavy atom. The number of esters is 1. The number of para-hydroxylation sites is 1. The Kier molecular flexibility index (Phi) is 7.07. The lowest BCUT2D eigenvalue weighted by molar-refractivity contribution is -0.384. The number of non-ortho nitro benzene ring substituents is 1. The molecule has 10 nitrogen and oxygen atoms in total. The summed E-state index contributed by atoms with van der Waals surface area (Å²) in [4.78, 5) is 40.5. The highest BCUT2D eigenvalue weighted by Crippen LogP contribution is 2.29. The van der Waals surface area contributed by atoms with Gasteiger partial charge in [0.05, 0.1) is 23.1 Å². The molecule has 2 aromatic rings. The van der Waals surface area contributed by atoms with E-state index in [1.165, 1.54) is 17.8 Å². The number of nitro benzene ring substituents is 1. The molecule has 0 spiro atoms. The molecule has 10 heteroatoms. The van der Waals surface area contributed by atoms with Crippen LogP contribution >= 0.6 is 0 Å². The molecule has 2 N–H and O–H groups in total. The molecule has 1 saturated heterocycles. The maximum absolute atomic E-state index is 12.9. The van der Waals surface area contributed by atoms with Gasteiger partial charge in [-0.25, -0.2) is 9.59 Å². The van der Waals surface area contributed by atoms with Crippen LogP contribution in [0.4, 0.5) is 16.2 Å². The second-order valence-electron chi connectivity index (χ2n) is 8.09. The SMILES string of the molecule is CCOC(=O)C1=C(CN2CCN(c3ccccc3)CC2)NC(=O)N[C@@H]1c1ccc([N+](=O)[O-])cc1. The third kappa shape index (κ3) is 5.18. The molecule has 1 fully saturated rings. The summed E-state index contributed by atoms with van der Waals surface area (Å²) < 4.78 is 5.30. The van der Waals surface area contributed by atoms with Crippen molar-refractivity contribution in [2.45, 2.75) is 13.0 Å². The van der Waals surface area contributed by atoms with Crippen LogP contribution in [0, 0.1) is 10.1 Å². The van der Waals surface area contributed by atoms with Gasteiger partial charge in [-0.05, 0) is 36.8 Å². The minimum atomic E-state index is -0.769. The predicted octanol–water partition coefficient (Wildman–Crippen LogP) is 2.59. The predicted molar refractivity (Wildman–Crippen MR) is 126 cm³/mol. The molecule has 2 heterocycles. The molecule has 0 radical (unpaired) electrons. The molecule has 178 valence electrons. The zero-order chi connectivity index (χ0) is 24.1. The number of nitrogens with one attached hydrogen (secondary N) is 2. The fourth-order valence-corrected chi connectivity index (χ4v) is 4.26. The topological polar surface area (TPSA) is 117 Å². The van der Waals surface area contributed by atoms with Crippen molar-refractivity contribution in [2.24, 2.45) is 0 Å². The fraction of sp³-hybridized carbons (Fsp3) is 0.333. The van der Waals surface area contributed by atoms with Crippen LogP contribution in [-0.2, 0) is 9.53 Å². The normalized spacial score (nSPS) is 18.8. The van der Waals surface area contributed by atoms with Crippen LogP contribution in [0.15, 0.2) is 65.9 Å². The Balaban J connectivity index is 1.57. The van der Waals surface area contributed by atoms with Gasteiger partial charge in [0.25, 0.3) is 5.69 Å². The number of ether oxygens (including phenoxy) is 1. The molecule has 0 unspecified atom stereocenters. The lowest BCUT2D eigenvalue weighted by Gasteiger charge is -2.38. The molecule has 0 aliphatic carbocycles. The van der Waals surface area contributed by atoms with E-state index < -0.39 is 23.0 Å². The van der Waals surface area contributed by atoms with Crippen molar-refractivity contribution in [1.82, 2.24) is 15.5 Å². The van der Waals surface area contributed by atoms with E-state index in [4.69, 9.17) is 4.74 Å². The van der Waals surface area contributed by atoms with Crippen molar-refractivity contribution in [3.8, 4) is 0 Å². The highest BCUT2D eigenvalue weighted by Gasteiger charge is 2.35. The van der Waals surface area contributed by atoms with E-state index in [0.29, 0.717) is 23.4 Å².